The molecular formula is C16H21N3O2. The van der Waals surface area contributed by atoms with Crippen LogP contribution in [0.15, 0.2) is 36.7 Å². The molecule has 0 aliphatic heterocycles. The summed E-state index contributed by atoms with van der Waals surface area (Å²) in [6.07, 6.45) is 3.30. The number of aliphatic hydroxyl groups excluding tert-OH is 1. The van der Waals surface area contributed by atoms with E-state index in [2.05, 4.69) is 29.1 Å². The third-order valence-electron chi connectivity index (χ3n) is 3.39. The van der Waals surface area contributed by atoms with Gasteiger partial charge in [0.05, 0.1) is 19.8 Å². The number of nitrogens with one attached hydrogen (secondary N) is 1. The number of aliphatic hydroxyl groups is 1. The first-order valence-electron chi connectivity index (χ1n) is 6.98. The van der Waals surface area contributed by atoms with E-state index in [-0.39, 0.29) is 12.6 Å². The average molecular weight is 287 g/mol. The summed E-state index contributed by atoms with van der Waals surface area (Å²) in [5.41, 5.74) is 1.71. The van der Waals surface area contributed by atoms with Crippen molar-refractivity contribution in [2.24, 2.45) is 5.92 Å². The minimum atomic E-state index is -0.0568. The summed E-state index contributed by atoms with van der Waals surface area (Å²) in [6, 6.07) is 7.60. The Bertz CT molecular complexity index is 570. The molecule has 5 heteroatoms. The van der Waals surface area contributed by atoms with Crippen LogP contribution in [-0.2, 0) is 0 Å². The number of hydrogen-bond donors (Lipinski definition) is 2. The van der Waals surface area contributed by atoms with Crippen LogP contribution in [0.4, 0.5) is 5.82 Å². The molecule has 0 spiro atoms. The molecule has 2 N–H and O–H groups in total. The lowest BCUT2D eigenvalue weighted by Gasteiger charge is -2.21. The number of ether oxygens (including phenoxy) is 1. The van der Waals surface area contributed by atoms with Gasteiger partial charge in [0.15, 0.2) is 5.82 Å². The lowest BCUT2D eigenvalue weighted by molar-refractivity contribution is 0.249. The van der Waals surface area contributed by atoms with E-state index in [0.717, 1.165) is 17.0 Å². The monoisotopic (exact) mass is 287 g/mol. The van der Waals surface area contributed by atoms with Gasteiger partial charge in [0.1, 0.15) is 11.4 Å². The number of methoxy groups -OCH3 is 1. The van der Waals surface area contributed by atoms with E-state index in [4.69, 9.17) is 4.74 Å². The molecule has 0 fully saturated rings. The Morgan fingerprint density at radius 2 is 1.81 bits per heavy atom. The summed E-state index contributed by atoms with van der Waals surface area (Å²) in [5, 5.41) is 12.7. The van der Waals surface area contributed by atoms with E-state index in [1.165, 1.54) is 0 Å². The molecule has 1 aromatic carbocycles. The summed E-state index contributed by atoms with van der Waals surface area (Å²) in [6.45, 7) is 4.16. The molecule has 21 heavy (non-hydrogen) atoms. The SMILES string of the molecule is COc1ccc(-c2nccnc2N[C@@H](CO)C(C)C)cc1. The lowest BCUT2D eigenvalue weighted by Crippen LogP contribution is -2.30. The molecule has 112 valence electrons. The van der Waals surface area contributed by atoms with E-state index in [9.17, 15) is 5.11 Å². The van der Waals surface area contributed by atoms with E-state index in [0.29, 0.717) is 11.7 Å². The maximum atomic E-state index is 9.46. The molecule has 0 bridgehead atoms. The van der Waals surface area contributed by atoms with E-state index in [1.807, 2.05) is 24.3 Å². The first-order chi connectivity index (χ1) is 10.2. The predicted molar refractivity (Wildman–Crippen MR) is 83.4 cm³/mol. The molecule has 0 aliphatic carbocycles. The van der Waals surface area contributed by atoms with Crippen molar-refractivity contribution in [1.29, 1.82) is 0 Å². The highest BCUT2D eigenvalue weighted by Crippen LogP contribution is 2.26. The van der Waals surface area contributed by atoms with Gasteiger partial charge in [-0.2, -0.15) is 0 Å². The molecule has 1 heterocycles. The van der Waals surface area contributed by atoms with Crippen LogP contribution >= 0.6 is 0 Å². The second kappa shape index (κ2) is 7.04. The normalized spacial score (nSPS) is 12.2. The van der Waals surface area contributed by atoms with Crippen molar-refractivity contribution in [3.63, 3.8) is 0 Å². The summed E-state index contributed by atoms with van der Waals surface area (Å²) in [4.78, 5) is 8.76. The first-order valence-corrected chi connectivity index (χ1v) is 6.98. The zero-order valence-electron chi connectivity index (χ0n) is 12.6. The maximum absolute atomic E-state index is 9.46. The van der Waals surface area contributed by atoms with E-state index < -0.39 is 0 Å². The van der Waals surface area contributed by atoms with Crippen LogP contribution in [0.2, 0.25) is 0 Å². The fraction of sp³-hybridized carbons (Fsp3) is 0.375. The van der Waals surface area contributed by atoms with Gasteiger partial charge in [0.25, 0.3) is 0 Å². The first kappa shape index (κ1) is 15.3. The Balaban J connectivity index is 2.31. The molecule has 0 amide bonds. The second-order valence-corrected chi connectivity index (χ2v) is 5.16. The minimum Gasteiger partial charge on any atom is -0.497 e. The fourth-order valence-corrected chi connectivity index (χ4v) is 2.00. The van der Waals surface area contributed by atoms with Crippen LogP contribution in [0, 0.1) is 5.92 Å². The second-order valence-electron chi connectivity index (χ2n) is 5.16. The molecule has 1 aromatic heterocycles. The Morgan fingerprint density at radius 1 is 1.14 bits per heavy atom. The third kappa shape index (κ3) is 3.70. The van der Waals surface area contributed by atoms with Gasteiger partial charge in [0.2, 0.25) is 0 Å². The summed E-state index contributed by atoms with van der Waals surface area (Å²) in [5.74, 6) is 1.77. The van der Waals surface area contributed by atoms with Crippen molar-refractivity contribution >= 4 is 5.82 Å². The molecule has 2 rings (SSSR count). The molecular weight excluding hydrogens is 266 g/mol. The van der Waals surface area contributed by atoms with Crippen LogP contribution in [-0.4, -0.2) is 34.8 Å². The van der Waals surface area contributed by atoms with Crippen molar-refractivity contribution in [1.82, 2.24) is 9.97 Å². The summed E-state index contributed by atoms with van der Waals surface area (Å²) in [7, 11) is 1.64. The molecule has 1 atom stereocenters. The van der Waals surface area contributed by atoms with Gasteiger partial charge in [-0.15, -0.1) is 0 Å². The number of hydrogen-bond acceptors (Lipinski definition) is 5. The number of nitrogens with zero attached hydrogens (tertiary/aromatic N) is 2. The molecule has 0 aliphatic rings. The van der Waals surface area contributed by atoms with Gasteiger partial charge in [-0.1, -0.05) is 13.8 Å². The van der Waals surface area contributed by atoms with Crippen LogP contribution in [0.25, 0.3) is 11.3 Å². The van der Waals surface area contributed by atoms with Gasteiger partial charge < -0.3 is 15.2 Å². The Hall–Kier alpha value is -2.14. The predicted octanol–water partition coefficient (Wildman–Crippen LogP) is 2.58. The van der Waals surface area contributed by atoms with Gasteiger partial charge in [-0.25, -0.2) is 4.98 Å². The van der Waals surface area contributed by atoms with E-state index in [1.54, 1.807) is 19.5 Å². The number of anilines is 1. The number of benzene rings is 1. The van der Waals surface area contributed by atoms with Crippen molar-refractivity contribution in [2.75, 3.05) is 19.0 Å². The third-order valence-corrected chi connectivity index (χ3v) is 3.39. The van der Waals surface area contributed by atoms with Crippen LogP contribution in [0.1, 0.15) is 13.8 Å². The Labute approximate surface area is 125 Å². The Morgan fingerprint density at radius 3 is 2.38 bits per heavy atom. The molecule has 5 nitrogen and oxygen atoms in total. The zero-order chi connectivity index (χ0) is 15.2. The van der Waals surface area contributed by atoms with Crippen molar-refractivity contribution in [3.8, 4) is 17.0 Å². The van der Waals surface area contributed by atoms with Crippen LogP contribution in [0.3, 0.4) is 0 Å². The summed E-state index contributed by atoms with van der Waals surface area (Å²) < 4.78 is 5.16. The highest BCUT2D eigenvalue weighted by Gasteiger charge is 2.16. The standard InChI is InChI=1S/C16H21N3O2/c1-11(2)14(10-20)19-16-15(17-8-9-18-16)12-4-6-13(21-3)7-5-12/h4-9,11,14,20H,10H2,1-3H3,(H,18,19)/t14-/m0/s1. The molecule has 0 unspecified atom stereocenters. The van der Waals surface area contributed by atoms with E-state index >= 15 is 0 Å². The topological polar surface area (TPSA) is 67.3 Å². The van der Waals surface area contributed by atoms with Gasteiger partial charge >= 0.3 is 0 Å². The van der Waals surface area contributed by atoms with Crippen molar-refractivity contribution in [2.45, 2.75) is 19.9 Å². The quantitative estimate of drug-likeness (QED) is 0.854. The maximum Gasteiger partial charge on any atom is 0.152 e. The van der Waals surface area contributed by atoms with Crippen LogP contribution in [0.5, 0.6) is 5.75 Å². The number of aromatic nitrogens is 2. The highest BCUT2D eigenvalue weighted by molar-refractivity contribution is 5.71. The molecule has 0 saturated heterocycles. The van der Waals surface area contributed by atoms with Crippen molar-refractivity contribution in [3.05, 3.63) is 36.7 Å². The number of rotatable bonds is 6. The fourth-order valence-electron chi connectivity index (χ4n) is 2.00. The van der Waals surface area contributed by atoms with Gasteiger partial charge in [-0.05, 0) is 30.2 Å². The molecule has 2 aromatic rings. The largest absolute Gasteiger partial charge is 0.497 e. The van der Waals surface area contributed by atoms with Crippen molar-refractivity contribution < 1.29 is 9.84 Å². The Kier molecular flexibility index (Phi) is 5.11. The lowest BCUT2D eigenvalue weighted by atomic mass is 10.0. The smallest absolute Gasteiger partial charge is 0.152 e. The van der Waals surface area contributed by atoms with Gasteiger partial charge in [0, 0.05) is 18.0 Å². The summed E-state index contributed by atoms with van der Waals surface area (Å²) >= 11 is 0. The van der Waals surface area contributed by atoms with Crippen LogP contribution < -0.4 is 10.1 Å². The minimum absolute atomic E-state index is 0.0519. The van der Waals surface area contributed by atoms with Gasteiger partial charge in [-0.3, -0.25) is 4.98 Å². The zero-order valence-corrected chi connectivity index (χ0v) is 12.6. The highest BCUT2D eigenvalue weighted by atomic mass is 16.5. The molecule has 0 radical (unpaired) electrons. The average Bonchev–Trinajstić information content (AvgIpc) is 2.52. The molecule has 0 saturated carbocycles.